The average molecular weight is 237 g/mol. The average Bonchev–Trinajstić information content (AvgIpc) is 2.21. The third-order valence-corrected chi connectivity index (χ3v) is 3.26. The highest BCUT2D eigenvalue weighted by Gasteiger charge is 2.31. The largest absolute Gasteiger partial charge is 0.337 e. The first-order valence-corrected chi connectivity index (χ1v) is 6.45. The SMILES string of the molecule is CN(C)CC(=O)NC1(C#N)CCCCCCC1. The zero-order valence-electron chi connectivity index (χ0n) is 11.0. The van der Waals surface area contributed by atoms with Crippen molar-refractivity contribution in [2.75, 3.05) is 20.6 Å². The molecule has 0 aromatic heterocycles. The maximum Gasteiger partial charge on any atom is 0.235 e. The van der Waals surface area contributed by atoms with Gasteiger partial charge in [-0.15, -0.1) is 0 Å². The summed E-state index contributed by atoms with van der Waals surface area (Å²) in [6, 6.07) is 2.34. The first kappa shape index (κ1) is 14.0. The lowest BCUT2D eigenvalue weighted by Crippen LogP contribution is -2.50. The van der Waals surface area contributed by atoms with Gasteiger partial charge in [-0.05, 0) is 26.9 Å². The van der Waals surface area contributed by atoms with Gasteiger partial charge in [0.1, 0.15) is 5.54 Å². The van der Waals surface area contributed by atoms with Crippen molar-refractivity contribution in [3.8, 4) is 6.07 Å². The van der Waals surface area contributed by atoms with E-state index < -0.39 is 5.54 Å². The van der Waals surface area contributed by atoms with Gasteiger partial charge in [0.25, 0.3) is 0 Å². The number of rotatable bonds is 3. The minimum absolute atomic E-state index is 0.0443. The number of nitrogens with one attached hydrogen (secondary N) is 1. The van der Waals surface area contributed by atoms with Crippen molar-refractivity contribution >= 4 is 5.91 Å². The predicted molar refractivity (Wildman–Crippen MR) is 67.4 cm³/mol. The molecule has 1 aliphatic rings. The van der Waals surface area contributed by atoms with E-state index in [2.05, 4.69) is 11.4 Å². The van der Waals surface area contributed by atoms with E-state index in [-0.39, 0.29) is 5.91 Å². The van der Waals surface area contributed by atoms with Crippen LogP contribution in [-0.4, -0.2) is 37.0 Å². The summed E-state index contributed by atoms with van der Waals surface area (Å²) >= 11 is 0. The molecule has 96 valence electrons. The normalized spacial score (nSPS) is 20.1. The highest BCUT2D eigenvalue weighted by Crippen LogP contribution is 2.25. The molecule has 1 rings (SSSR count). The monoisotopic (exact) mass is 237 g/mol. The molecule has 0 spiro atoms. The second-order valence-corrected chi connectivity index (χ2v) is 5.25. The molecule has 0 saturated heterocycles. The molecule has 0 heterocycles. The van der Waals surface area contributed by atoms with Crippen LogP contribution >= 0.6 is 0 Å². The highest BCUT2D eigenvalue weighted by molar-refractivity contribution is 5.79. The van der Waals surface area contributed by atoms with E-state index in [1.54, 1.807) is 0 Å². The van der Waals surface area contributed by atoms with E-state index in [1.807, 2.05) is 19.0 Å². The zero-order chi connectivity index (χ0) is 12.7. The number of hydrogen-bond donors (Lipinski definition) is 1. The molecular formula is C13H23N3O. The molecule has 0 aromatic rings. The minimum atomic E-state index is -0.618. The van der Waals surface area contributed by atoms with Gasteiger partial charge in [-0.3, -0.25) is 4.79 Å². The van der Waals surface area contributed by atoms with E-state index in [1.165, 1.54) is 19.3 Å². The van der Waals surface area contributed by atoms with Crippen molar-refractivity contribution in [1.82, 2.24) is 10.2 Å². The van der Waals surface area contributed by atoms with Crippen LogP contribution in [0.15, 0.2) is 0 Å². The summed E-state index contributed by atoms with van der Waals surface area (Å²) in [7, 11) is 3.72. The van der Waals surface area contributed by atoms with Crippen LogP contribution in [0.1, 0.15) is 44.9 Å². The molecule has 1 saturated carbocycles. The zero-order valence-corrected chi connectivity index (χ0v) is 11.0. The van der Waals surface area contributed by atoms with Gasteiger partial charge in [0.15, 0.2) is 0 Å². The molecular weight excluding hydrogens is 214 g/mol. The van der Waals surface area contributed by atoms with Crippen molar-refractivity contribution in [1.29, 1.82) is 5.26 Å². The van der Waals surface area contributed by atoms with Crippen molar-refractivity contribution < 1.29 is 4.79 Å². The van der Waals surface area contributed by atoms with Gasteiger partial charge in [0.05, 0.1) is 12.6 Å². The first-order valence-electron chi connectivity index (χ1n) is 6.45. The molecule has 0 bridgehead atoms. The Balaban J connectivity index is 2.59. The molecule has 17 heavy (non-hydrogen) atoms. The Kier molecular flexibility index (Phi) is 5.43. The Morgan fingerprint density at radius 2 is 1.76 bits per heavy atom. The molecule has 1 amide bonds. The van der Waals surface area contributed by atoms with Crippen LogP contribution in [0.5, 0.6) is 0 Å². The van der Waals surface area contributed by atoms with Crippen LogP contribution < -0.4 is 5.32 Å². The Hall–Kier alpha value is -1.08. The molecule has 4 nitrogen and oxygen atoms in total. The van der Waals surface area contributed by atoms with Gasteiger partial charge in [-0.25, -0.2) is 0 Å². The van der Waals surface area contributed by atoms with E-state index in [4.69, 9.17) is 0 Å². The van der Waals surface area contributed by atoms with Crippen molar-refractivity contribution in [2.24, 2.45) is 0 Å². The highest BCUT2D eigenvalue weighted by atomic mass is 16.2. The van der Waals surface area contributed by atoms with Crippen LogP contribution in [0.3, 0.4) is 0 Å². The third kappa shape index (κ3) is 4.74. The Morgan fingerprint density at radius 3 is 2.24 bits per heavy atom. The lowest BCUT2D eigenvalue weighted by atomic mass is 9.85. The van der Waals surface area contributed by atoms with Crippen molar-refractivity contribution in [3.05, 3.63) is 0 Å². The summed E-state index contributed by atoms with van der Waals surface area (Å²) in [5.41, 5.74) is -0.618. The minimum Gasteiger partial charge on any atom is -0.337 e. The molecule has 1 fully saturated rings. The number of amides is 1. The number of hydrogen-bond acceptors (Lipinski definition) is 3. The predicted octanol–water partition coefficient (Wildman–Crippen LogP) is 1.67. The van der Waals surface area contributed by atoms with Crippen LogP contribution in [0.25, 0.3) is 0 Å². The van der Waals surface area contributed by atoms with Crippen molar-refractivity contribution in [2.45, 2.75) is 50.5 Å². The van der Waals surface area contributed by atoms with Gasteiger partial charge < -0.3 is 10.2 Å². The fourth-order valence-corrected chi connectivity index (χ4v) is 2.37. The Bertz CT molecular complexity index is 286. The second kappa shape index (κ2) is 6.61. The standard InChI is InChI=1S/C13H23N3O/c1-16(2)10-12(17)15-13(11-14)8-6-4-3-5-7-9-13/h3-10H2,1-2H3,(H,15,17). The van der Waals surface area contributed by atoms with E-state index in [9.17, 15) is 10.1 Å². The maximum absolute atomic E-state index is 11.8. The summed E-state index contributed by atoms with van der Waals surface area (Å²) in [6.07, 6.45) is 7.27. The van der Waals surface area contributed by atoms with Gasteiger partial charge in [-0.1, -0.05) is 32.1 Å². The summed E-state index contributed by atoms with van der Waals surface area (Å²) in [6.45, 7) is 0.351. The number of carbonyl (C=O) groups is 1. The molecule has 0 aromatic carbocycles. The van der Waals surface area contributed by atoms with Gasteiger partial charge in [0.2, 0.25) is 5.91 Å². The van der Waals surface area contributed by atoms with E-state index in [0.29, 0.717) is 6.54 Å². The Morgan fingerprint density at radius 1 is 1.24 bits per heavy atom. The van der Waals surface area contributed by atoms with E-state index >= 15 is 0 Å². The fraction of sp³-hybridized carbons (Fsp3) is 0.846. The fourth-order valence-electron chi connectivity index (χ4n) is 2.37. The van der Waals surface area contributed by atoms with Crippen molar-refractivity contribution in [3.63, 3.8) is 0 Å². The number of nitriles is 1. The lowest BCUT2D eigenvalue weighted by Gasteiger charge is -2.30. The lowest BCUT2D eigenvalue weighted by molar-refractivity contribution is -0.123. The molecule has 1 N–H and O–H groups in total. The van der Waals surface area contributed by atoms with Gasteiger partial charge in [-0.2, -0.15) is 5.26 Å². The molecule has 1 aliphatic carbocycles. The molecule has 4 heteroatoms. The quantitative estimate of drug-likeness (QED) is 0.812. The maximum atomic E-state index is 11.8. The number of nitrogens with zero attached hydrogens (tertiary/aromatic N) is 2. The third-order valence-electron chi connectivity index (χ3n) is 3.26. The van der Waals surface area contributed by atoms with Gasteiger partial charge >= 0.3 is 0 Å². The smallest absolute Gasteiger partial charge is 0.235 e. The number of likely N-dealkylation sites (N-methyl/N-ethyl adjacent to an activating group) is 1. The second-order valence-electron chi connectivity index (χ2n) is 5.25. The molecule has 0 unspecified atom stereocenters. The summed E-state index contributed by atoms with van der Waals surface area (Å²) in [5.74, 6) is -0.0443. The van der Waals surface area contributed by atoms with Crippen LogP contribution in [0, 0.1) is 11.3 Å². The summed E-state index contributed by atoms with van der Waals surface area (Å²) in [4.78, 5) is 13.6. The van der Waals surface area contributed by atoms with Crippen LogP contribution in [0.4, 0.5) is 0 Å². The molecule has 0 aliphatic heterocycles. The van der Waals surface area contributed by atoms with E-state index in [0.717, 1.165) is 25.7 Å². The summed E-state index contributed by atoms with van der Waals surface area (Å²) < 4.78 is 0. The first-order chi connectivity index (χ1) is 8.08. The Labute approximate surface area is 104 Å². The number of carbonyl (C=O) groups excluding carboxylic acids is 1. The molecule has 0 radical (unpaired) electrons. The summed E-state index contributed by atoms with van der Waals surface area (Å²) in [5, 5.41) is 12.3. The van der Waals surface area contributed by atoms with Gasteiger partial charge in [0, 0.05) is 0 Å². The topological polar surface area (TPSA) is 56.1 Å². The van der Waals surface area contributed by atoms with Crippen LogP contribution in [-0.2, 0) is 4.79 Å². The molecule has 0 atom stereocenters. The van der Waals surface area contributed by atoms with Crippen LogP contribution in [0.2, 0.25) is 0 Å².